The fraction of sp³-hybridized carbons (Fsp3) is 0.250. The summed E-state index contributed by atoms with van der Waals surface area (Å²) in [6.45, 7) is 7.72. The molecular weight excluding hydrogens is 252 g/mol. The fourth-order valence-corrected chi connectivity index (χ4v) is 2.13. The number of benzene rings is 1. The van der Waals surface area contributed by atoms with Crippen molar-refractivity contribution in [2.24, 2.45) is 0 Å². The quantitative estimate of drug-likeness (QED) is 0.867. The molecule has 1 N–H and O–H groups in total. The molecule has 2 rings (SSSR count). The first-order valence-corrected chi connectivity index (χ1v) is 6.59. The Kier molecular flexibility index (Phi) is 4.03. The highest BCUT2D eigenvalue weighted by molar-refractivity contribution is 5.96. The molecule has 1 aromatic carbocycles. The van der Waals surface area contributed by atoms with Crippen molar-refractivity contribution in [1.82, 2.24) is 9.88 Å². The molecule has 0 aliphatic carbocycles. The van der Waals surface area contributed by atoms with Gasteiger partial charge in [-0.05, 0) is 31.4 Å². The lowest BCUT2D eigenvalue weighted by molar-refractivity contribution is 0.0933. The number of hydrogen-bond acceptors (Lipinski definition) is 2. The molecule has 0 bridgehead atoms. The zero-order valence-electron chi connectivity index (χ0n) is 11.7. The topological polar surface area (TPSA) is 51.1 Å². The second kappa shape index (κ2) is 5.74. The monoisotopic (exact) mass is 270 g/mol. The van der Waals surface area contributed by atoms with Crippen molar-refractivity contribution in [3.05, 3.63) is 59.0 Å². The molecule has 0 aliphatic rings. The number of rotatable bonds is 4. The first-order valence-electron chi connectivity index (χ1n) is 6.59. The summed E-state index contributed by atoms with van der Waals surface area (Å²) in [7, 11) is 0. The molecule has 0 saturated carbocycles. The maximum atomic E-state index is 12.5. The lowest BCUT2D eigenvalue weighted by atomic mass is 10.1. The fourth-order valence-electron chi connectivity index (χ4n) is 2.13. The Morgan fingerprint density at radius 3 is 2.75 bits per heavy atom. The largest absolute Gasteiger partial charge is 0.349 e. The first kappa shape index (κ1) is 14.1. The van der Waals surface area contributed by atoms with Gasteiger partial charge in [0.1, 0.15) is 5.69 Å². The number of fused-ring (bicyclic) bond motifs is 1. The Labute approximate surface area is 117 Å². The van der Waals surface area contributed by atoms with Gasteiger partial charge in [-0.1, -0.05) is 24.3 Å². The summed E-state index contributed by atoms with van der Waals surface area (Å²) in [5.74, 6) is -0.246. The van der Waals surface area contributed by atoms with E-state index in [-0.39, 0.29) is 17.5 Å². The number of carbonyl (C=O) groups is 1. The molecule has 0 saturated heterocycles. The van der Waals surface area contributed by atoms with Crippen LogP contribution in [0.4, 0.5) is 0 Å². The van der Waals surface area contributed by atoms with E-state index < -0.39 is 0 Å². The van der Waals surface area contributed by atoms with Crippen molar-refractivity contribution >= 4 is 16.7 Å². The lowest BCUT2D eigenvalue weighted by Gasteiger charge is -2.14. The standard InChI is InChI=1S/C16H18N2O2/c1-4-9-18-14(15(19)17-11(2)3)10-12-7-5-6-8-13(12)16(18)20/h4-8,10-11H,1,9H2,2-3H3,(H,17,19). The molecule has 0 radical (unpaired) electrons. The number of aromatic nitrogens is 1. The molecule has 0 unspecified atom stereocenters. The van der Waals surface area contributed by atoms with Crippen molar-refractivity contribution in [3.63, 3.8) is 0 Å². The van der Waals surface area contributed by atoms with E-state index in [0.717, 1.165) is 5.39 Å². The van der Waals surface area contributed by atoms with Gasteiger partial charge in [0.2, 0.25) is 0 Å². The van der Waals surface area contributed by atoms with E-state index in [1.54, 1.807) is 18.2 Å². The predicted molar refractivity (Wildman–Crippen MR) is 81.0 cm³/mol. The minimum Gasteiger partial charge on any atom is -0.349 e. The van der Waals surface area contributed by atoms with Crippen LogP contribution in [0.25, 0.3) is 10.8 Å². The summed E-state index contributed by atoms with van der Waals surface area (Å²) in [4.78, 5) is 24.7. The molecule has 4 nitrogen and oxygen atoms in total. The van der Waals surface area contributed by atoms with Crippen molar-refractivity contribution in [1.29, 1.82) is 0 Å². The molecule has 20 heavy (non-hydrogen) atoms. The maximum absolute atomic E-state index is 12.5. The van der Waals surface area contributed by atoms with Crippen LogP contribution in [0.5, 0.6) is 0 Å². The van der Waals surface area contributed by atoms with Crippen molar-refractivity contribution in [2.75, 3.05) is 0 Å². The number of hydrogen-bond donors (Lipinski definition) is 1. The van der Waals surface area contributed by atoms with Crippen LogP contribution in [-0.2, 0) is 6.54 Å². The van der Waals surface area contributed by atoms with E-state index in [1.807, 2.05) is 32.0 Å². The molecule has 1 aromatic heterocycles. The van der Waals surface area contributed by atoms with Crippen molar-refractivity contribution in [2.45, 2.75) is 26.4 Å². The van der Waals surface area contributed by atoms with Crippen LogP contribution in [0.15, 0.2) is 47.8 Å². The van der Waals surface area contributed by atoms with E-state index in [9.17, 15) is 9.59 Å². The normalized spacial score (nSPS) is 10.8. The molecule has 0 spiro atoms. The molecule has 1 amide bonds. The second-order valence-electron chi connectivity index (χ2n) is 4.95. The van der Waals surface area contributed by atoms with Gasteiger partial charge in [-0.15, -0.1) is 6.58 Å². The maximum Gasteiger partial charge on any atom is 0.268 e. The van der Waals surface area contributed by atoms with Gasteiger partial charge in [-0.25, -0.2) is 0 Å². The van der Waals surface area contributed by atoms with Gasteiger partial charge in [-0.2, -0.15) is 0 Å². The van der Waals surface area contributed by atoms with E-state index >= 15 is 0 Å². The van der Waals surface area contributed by atoms with Crippen molar-refractivity contribution in [3.8, 4) is 0 Å². The van der Waals surface area contributed by atoms with Gasteiger partial charge in [-0.3, -0.25) is 14.2 Å². The van der Waals surface area contributed by atoms with E-state index in [1.165, 1.54) is 4.57 Å². The predicted octanol–water partition coefficient (Wildman–Crippen LogP) is 2.33. The molecular formula is C16H18N2O2. The molecule has 0 atom stereocenters. The van der Waals surface area contributed by atoms with E-state index in [2.05, 4.69) is 11.9 Å². The zero-order chi connectivity index (χ0) is 14.7. The number of nitrogens with one attached hydrogen (secondary N) is 1. The highest BCUT2D eigenvalue weighted by Gasteiger charge is 2.15. The zero-order valence-corrected chi connectivity index (χ0v) is 11.7. The van der Waals surface area contributed by atoms with Crippen LogP contribution in [-0.4, -0.2) is 16.5 Å². The Balaban J connectivity index is 2.68. The van der Waals surface area contributed by atoms with Crippen LogP contribution >= 0.6 is 0 Å². The summed E-state index contributed by atoms with van der Waals surface area (Å²) in [5.41, 5.74) is 0.194. The molecule has 0 aliphatic heterocycles. The van der Waals surface area contributed by atoms with Crippen molar-refractivity contribution < 1.29 is 4.79 Å². The number of carbonyl (C=O) groups excluding carboxylic acids is 1. The average molecular weight is 270 g/mol. The summed E-state index contributed by atoms with van der Waals surface area (Å²) in [6.07, 6.45) is 1.61. The number of amides is 1. The number of allylic oxidation sites excluding steroid dienone is 1. The van der Waals surface area contributed by atoms with Gasteiger partial charge in [0.25, 0.3) is 11.5 Å². The highest BCUT2D eigenvalue weighted by atomic mass is 16.2. The third-order valence-corrected chi connectivity index (χ3v) is 2.98. The second-order valence-corrected chi connectivity index (χ2v) is 4.95. The lowest BCUT2D eigenvalue weighted by Crippen LogP contribution is -2.35. The SMILES string of the molecule is C=CCn1c(C(=O)NC(C)C)cc2ccccc2c1=O. The number of pyridine rings is 1. The minimum absolute atomic E-state index is 0.0150. The summed E-state index contributed by atoms with van der Waals surface area (Å²) in [6, 6.07) is 9.03. The third kappa shape index (κ3) is 2.64. The smallest absolute Gasteiger partial charge is 0.268 e. The van der Waals surface area contributed by atoms with E-state index in [4.69, 9.17) is 0 Å². The van der Waals surface area contributed by atoms with Crippen LogP contribution in [0.3, 0.4) is 0 Å². The average Bonchev–Trinajstić information content (AvgIpc) is 2.41. The van der Waals surface area contributed by atoms with Gasteiger partial charge in [0, 0.05) is 18.0 Å². The van der Waals surface area contributed by atoms with Crippen LogP contribution in [0.2, 0.25) is 0 Å². The Hall–Kier alpha value is -2.36. The first-order chi connectivity index (χ1) is 9.54. The summed E-state index contributed by atoms with van der Waals surface area (Å²) < 4.78 is 1.45. The molecule has 4 heteroatoms. The highest BCUT2D eigenvalue weighted by Crippen LogP contribution is 2.12. The molecule has 104 valence electrons. The van der Waals surface area contributed by atoms with Crippen LogP contribution < -0.4 is 10.9 Å². The molecule has 2 aromatic rings. The van der Waals surface area contributed by atoms with Gasteiger partial charge in [0.05, 0.1) is 0 Å². The van der Waals surface area contributed by atoms with Crippen LogP contribution in [0, 0.1) is 0 Å². The summed E-state index contributed by atoms with van der Waals surface area (Å²) >= 11 is 0. The third-order valence-electron chi connectivity index (χ3n) is 2.98. The molecule has 1 heterocycles. The van der Waals surface area contributed by atoms with Gasteiger partial charge < -0.3 is 5.32 Å². The summed E-state index contributed by atoms with van der Waals surface area (Å²) in [5, 5.41) is 4.19. The van der Waals surface area contributed by atoms with E-state index in [0.29, 0.717) is 17.6 Å². The Bertz CT molecular complexity index is 714. The van der Waals surface area contributed by atoms with Crippen LogP contribution in [0.1, 0.15) is 24.3 Å². The Morgan fingerprint density at radius 1 is 1.40 bits per heavy atom. The molecule has 0 fully saturated rings. The minimum atomic E-state index is -0.246. The van der Waals surface area contributed by atoms with Gasteiger partial charge >= 0.3 is 0 Å². The number of nitrogens with zero attached hydrogens (tertiary/aromatic N) is 1. The van der Waals surface area contributed by atoms with Gasteiger partial charge in [0.15, 0.2) is 0 Å². The Morgan fingerprint density at radius 2 is 2.10 bits per heavy atom.